The second-order valence-electron chi connectivity index (χ2n) is 4.90. The molecule has 1 aromatic rings. The maximum atomic E-state index is 11.9. The van der Waals surface area contributed by atoms with Crippen LogP contribution in [0, 0.1) is 0 Å². The fourth-order valence-corrected chi connectivity index (χ4v) is 2.23. The van der Waals surface area contributed by atoms with Crippen molar-refractivity contribution < 1.29 is 9.53 Å². The van der Waals surface area contributed by atoms with Crippen molar-refractivity contribution in [2.45, 2.75) is 38.5 Å². The average Bonchev–Trinajstić information content (AvgIpc) is 2.34. The molecule has 6 heteroatoms. The molecule has 2 rings (SSSR count). The number of hydrogen-bond donors (Lipinski definition) is 2. The van der Waals surface area contributed by atoms with Crippen molar-refractivity contribution in [2.24, 2.45) is 0 Å². The highest BCUT2D eigenvalue weighted by atomic mass is 16.5. The second kappa shape index (κ2) is 5.88. The van der Waals surface area contributed by atoms with Gasteiger partial charge < -0.3 is 20.4 Å². The molecule has 2 unspecified atom stereocenters. The zero-order valence-electron chi connectivity index (χ0n) is 11.0. The van der Waals surface area contributed by atoms with Gasteiger partial charge in [0.1, 0.15) is 6.54 Å². The number of nitrogens with two attached hydrogens (primary N) is 1. The zero-order valence-corrected chi connectivity index (χ0v) is 11.0. The van der Waals surface area contributed by atoms with Gasteiger partial charge in [-0.3, -0.25) is 9.59 Å². The van der Waals surface area contributed by atoms with Crippen molar-refractivity contribution in [3.8, 4) is 0 Å². The van der Waals surface area contributed by atoms with Crippen molar-refractivity contribution in [1.82, 2.24) is 9.88 Å². The van der Waals surface area contributed by atoms with Gasteiger partial charge in [-0.05, 0) is 25.8 Å². The van der Waals surface area contributed by atoms with E-state index in [-0.39, 0.29) is 30.2 Å². The summed E-state index contributed by atoms with van der Waals surface area (Å²) in [5, 5.41) is 2.92. The number of ether oxygens (including phenoxy) is 1. The molecule has 1 amide bonds. The smallest absolute Gasteiger partial charge is 0.251 e. The van der Waals surface area contributed by atoms with Crippen LogP contribution in [0.5, 0.6) is 0 Å². The van der Waals surface area contributed by atoms with E-state index in [9.17, 15) is 9.59 Å². The summed E-state index contributed by atoms with van der Waals surface area (Å²) in [6.45, 7) is 2.64. The second-order valence-corrected chi connectivity index (χ2v) is 4.90. The highest BCUT2D eigenvalue weighted by Gasteiger charge is 2.20. The number of nitrogen functional groups attached to an aromatic ring is 1. The maximum absolute atomic E-state index is 11.9. The van der Waals surface area contributed by atoms with Gasteiger partial charge in [-0.1, -0.05) is 0 Å². The molecule has 0 saturated carbocycles. The van der Waals surface area contributed by atoms with Crippen LogP contribution in [0.25, 0.3) is 0 Å². The lowest BCUT2D eigenvalue weighted by Crippen LogP contribution is -2.43. The number of rotatable bonds is 3. The zero-order chi connectivity index (χ0) is 13.8. The fraction of sp³-hybridized carbons (Fsp3) is 0.538. The first-order valence-electron chi connectivity index (χ1n) is 6.41. The molecule has 1 fully saturated rings. The Bertz CT molecular complexity index is 512. The number of nitrogens with one attached hydrogen (secondary N) is 1. The van der Waals surface area contributed by atoms with E-state index in [1.165, 1.54) is 22.9 Å². The maximum Gasteiger partial charge on any atom is 0.251 e. The monoisotopic (exact) mass is 265 g/mol. The van der Waals surface area contributed by atoms with E-state index in [0.717, 1.165) is 12.8 Å². The molecule has 3 N–H and O–H groups in total. The SMILES string of the molecule is CC1CC(NC(=O)Cn2cc(N)ccc2=O)CCO1. The average molecular weight is 265 g/mol. The molecule has 0 aliphatic carbocycles. The van der Waals surface area contributed by atoms with Crippen molar-refractivity contribution in [2.75, 3.05) is 12.3 Å². The molecule has 1 saturated heterocycles. The first-order valence-corrected chi connectivity index (χ1v) is 6.41. The van der Waals surface area contributed by atoms with E-state index >= 15 is 0 Å². The topological polar surface area (TPSA) is 86.4 Å². The third kappa shape index (κ3) is 3.82. The Morgan fingerprint density at radius 2 is 2.37 bits per heavy atom. The molecule has 0 radical (unpaired) electrons. The van der Waals surface area contributed by atoms with E-state index in [1.54, 1.807) is 0 Å². The summed E-state index contributed by atoms with van der Waals surface area (Å²) in [5.41, 5.74) is 5.83. The molecule has 1 aliphatic rings. The van der Waals surface area contributed by atoms with Gasteiger partial charge in [0.15, 0.2) is 0 Å². The molecule has 0 spiro atoms. The molecule has 2 heterocycles. The predicted octanol–water partition coefficient (Wildman–Crippen LogP) is 0.114. The van der Waals surface area contributed by atoms with Gasteiger partial charge in [0.05, 0.1) is 6.10 Å². The van der Waals surface area contributed by atoms with Crippen LogP contribution in [0.15, 0.2) is 23.1 Å². The number of anilines is 1. The summed E-state index contributed by atoms with van der Waals surface area (Å²) in [6, 6.07) is 3.00. The van der Waals surface area contributed by atoms with Crippen LogP contribution in [0.3, 0.4) is 0 Å². The number of carbonyl (C=O) groups excluding carboxylic acids is 1. The van der Waals surface area contributed by atoms with Crippen LogP contribution >= 0.6 is 0 Å². The van der Waals surface area contributed by atoms with Crippen LogP contribution < -0.4 is 16.6 Å². The number of hydrogen-bond acceptors (Lipinski definition) is 4. The number of aromatic nitrogens is 1. The van der Waals surface area contributed by atoms with E-state index in [0.29, 0.717) is 12.3 Å². The fourth-order valence-electron chi connectivity index (χ4n) is 2.23. The molecule has 19 heavy (non-hydrogen) atoms. The van der Waals surface area contributed by atoms with Gasteiger partial charge in [-0.15, -0.1) is 0 Å². The first-order chi connectivity index (χ1) is 9.04. The summed E-state index contributed by atoms with van der Waals surface area (Å²) in [7, 11) is 0. The quantitative estimate of drug-likeness (QED) is 0.812. The van der Waals surface area contributed by atoms with Gasteiger partial charge >= 0.3 is 0 Å². The number of carbonyl (C=O) groups is 1. The Morgan fingerprint density at radius 1 is 1.58 bits per heavy atom. The van der Waals surface area contributed by atoms with Crippen LogP contribution in [0.2, 0.25) is 0 Å². The van der Waals surface area contributed by atoms with Crippen LogP contribution in [0.1, 0.15) is 19.8 Å². The van der Waals surface area contributed by atoms with Gasteiger partial charge in [0.2, 0.25) is 5.91 Å². The molecule has 6 nitrogen and oxygen atoms in total. The number of amides is 1. The lowest BCUT2D eigenvalue weighted by atomic mass is 10.0. The Kier molecular flexibility index (Phi) is 4.21. The number of nitrogens with zero attached hydrogens (tertiary/aromatic N) is 1. The van der Waals surface area contributed by atoms with Crippen LogP contribution in [-0.2, 0) is 16.1 Å². The van der Waals surface area contributed by atoms with E-state index in [4.69, 9.17) is 10.5 Å². The van der Waals surface area contributed by atoms with Gasteiger partial charge in [0.25, 0.3) is 5.56 Å². The van der Waals surface area contributed by atoms with E-state index < -0.39 is 0 Å². The van der Waals surface area contributed by atoms with Crippen molar-refractivity contribution >= 4 is 11.6 Å². The molecule has 2 atom stereocenters. The molecular formula is C13H19N3O3. The first kappa shape index (κ1) is 13.6. The summed E-state index contributed by atoms with van der Waals surface area (Å²) in [5.74, 6) is -0.174. The third-order valence-corrected chi connectivity index (χ3v) is 3.17. The standard InChI is InChI=1S/C13H19N3O3/c1-9-6-11(4-5-19-9)15-12(17)8-16-7-10(14)2-3-13(16)18/h2-3,7,9,11H,4-6,8,14H2,1H3,(H,15,17). The van der Waals surface area contributed by atoms with Gasteiger partial charge in [-0.25, -0.2) is 0 Å². The van der Waals surface area contributed by atoms with Crippen LogP contribution in [0.4, 0.5) is 5.69 Å². The molecule has 104 valence electrons. The van der Waals surface area contributed by atoms with E-state index in [1.807, 2.05) is 6.92 Å². The third-order valence-electron chi connectivity index (χ3n) is 3.17. The van der Waals surface area contributed by atoms with Crippen molar-refractivity contribution in [3.05, 3.63) is 28.7 Å². The van der Waals surface area contributed by atoms with Crippen molar-refractivity contribution in [1.29, 1.82) is 0 Å². The summed E-state index contributed by atoms with van der Waals surface area (Å²) in [6.07, 6.45) is 3.25. The Balaban J connectivity index is 1.94. The summed E-state index contributed by atoms with van der Waals surface area (Å²) >= 11 is 0. The molecule has 1 aromatic heterocycles. The molecule has 1 aliphatic heterocycles. The Morgan fingerprint density at radius 3 is 3.11 bits per heavy atom. The lowest BCUT2D eigenvalue weighted by molar-refractivity contribution is -0.123. The lowest BCUT2D eigenvalue weighted by Gasteiger charge is -2.28. The summed E-state index contributed by atoms with van der Waals surface area (Å²) < 4.78 is 6.73. The minimum absolute atomic E-state index is 0.00435. The minimum atomic E-state index is -0.232. The Hall–Kier alpha value is -1.82. The molecule has 0 aromatic carbocycles. The molecule has 0 bridgehead atoms. The summed E-state index contributed by atoms with van der Waals surface area (Å²) in [4.78, 5) is 23.5. The number of pyridine rings is 1. The predicted molar refractivity (Wildman–Crippen MR) is 71.7 cm³/mol. The normalized spacial score (nSPS) is 23.0. The highest BCUT2D eigenvalue weighted by Crippen LogP contribution is 2.12. The Labute approximate surface area is 111 Å². The largest absolute Gasteiger partial charge is 0.398 e. The molecular weight excluding hydrogens is 246 g/mol. The van der Waals surface area contributed by atoms with Crippen LogP contribution in [-0.4, -0.2) is 29.2 Å². The van der Waals surface area contributed by atoms with Gasteiger partial charge in [-0.2, -0.15) is 0 Å². The highest BCUT2D eigenvalue weighted by molar-refractivity contribution is 5.76. The van der Waals surface area contributed by atoms with E-state index in [2.05, 4.69) is 5.32 Å². The van der Waals surface area contributed by atoms with Crippen molar-refractivity contribution in [3.63, 3.8) is 0 Å². The minimum Gasteiger partial charge on any atom is -0.398 e. The van der Waals surface area contributed by atoms with Gasteiger partial charge in [0, 0.05) is 30.6 Å².